The molecule has 0 radical (unpaired) electrons. The fraction of sp³-hybridized carbons (Fsp3) is 0.562. The molecule has 5 heteroatoms. The quantitative estimate of drug-likeness (QED) is 0.836. The molecule has 0 saturated carbocycles. The summed E-state index contributed by atoms with van der Waals surface area (Å²) < 4.78 is 5.11. The Kier molecular flexibility index (Phi) is 4.42. The third-order valence-electron chi connectivity index (χ3n) is 4.33. The van der Waals surface area contributed by atoms with E-state index in [0.29, 0.717) is 17.1 Å². The van der Waals surface area contributed by atoms with E-state index in [1.165, 1.54) is 0 Å². The molecular formula is C16H25N3O2. The Morgan fingerprint density at radius 2 is 2.19 bits per heavy atom. The van der Waals surface area contributed by atoms with Crippen LogP contribution in [0.3, 0.4) is 0 Å². The lowest BCUT2D eigenvalue weighted by Crippen LogP contribution is -2.49. The Bertz CT molecular complexity index is 528. The fourth-order valence-electron chi connectivity index (χ4n) is 3.01. The molecule has 21 heavy (non-hydrogen) atoms. The molecule has 0 bridgehead atoms. The van der Waals surface area contributed by atoms with E-state index < -0.39 is 0 Å². The minimum absolute atomic E-state index is 0.0261. The molecule has 1 atom stereocenters. The minimum atomic E-state index is -0.177. The largest absolute Gasteiger partial charge is 0.497 e. The summed E-state index contributed by atoms with van der Waals surface area (Å²) in [6.07, 6.45) is 2.25. The number of carbonyl (C=O) groups is 1. The molecule has 1 aliphatic heterocycles. The average molecular weight is 291 g/mol. The molecule has 1 amide bonds. The molecule has 1 heterocycles. The van der Waals surface area contributed by atoms with Crippen molar-refractivity contribution in [2.45, 2.75) is 45.2 Å². The summed E-state index contributed by atoms with van der Waals surface area (Å²) in [6.45, 7) is 7.28. The smallest absolute Gasteiger partial charge is 0.241 e. The average Bonchev–Trinajstić information content (AvgIpc) is 2.79. The van der Waals surface area contributed by atoms with Gasteiger partial charge in [0.15, 0.2) is 0 Å². The molecule has 1 unspecified atom stereocenters. The van der Waals surface area contributed by atoms with Gasteiger partial charge in [-0.3, -0.25) is 9.69 Å². The number of methoxy groups -OCH3 is 1. The van der Waals surface area contributed by atoms with Crippen molar-refractivity contribution in [2.24, 2.45) is 0 Å². The van der Waals surface area contributed by atoms with Crippen molar-refractivity contribution in [1.29, 1.82) is 0 Å². The maximum absolute atomic E-state index is 12.5. The maximum Gasteiger partial charge on any atom is 0.241 e. The molecular weight excluding hydrogens is 266 g/mol. The molecule has 0 spiro atoms. The van der Waals surface area contributed by atoms with Gasteiger partial charge in [0.05, 0.1) is 24.5 Å². The van der Waals surface area contributed by atoms with Crippen LogP contribution in [0.4, 0.5) is 11.4 Å². The maximum atomic E-state index is 12.5. The molecule has 0 aliphatic carbocycles. The van der Waals surface area contributed by atoms with E-state index >= 15 is 0 Å². The van der Waals surface area contributed by atoms with Crippen molar-refractivity contribution in [1.82, 2.24) is 4.90 Å². The molecule has 1 fully saturated rings. The second kappa shape index (κ2) is 5.93. The zero-order valence-electron chi connectivity index (χ0n) is 13.3. The van der Waals surface area contributed by atoms with Crippen LogP contribution in [-0.2, 0) is 4.79 Å². The first-order valence-corrected chi connectivity index (χ1v) is 7.36. The van der Waals surface area contributed by atoms with Crippen molar-refractivity contribution in [2.75, 3.05) is 24.7 Å². The number of nitrogen functional groups attached to an aromatic ring is 1. The van der Waals surface area contributed by atoms with Crippen molar-refractivity contribution in [3.8, 4) is 5.75 Å². The third-order valence-corrected chi connectivity index (χ3v) is 4.33. The Hall–Kier alpha value is -1.75. The molecule has 1 saturated heterocycles. The van der Waals surface area contributed by atoms with Crippen LogP contribution in [0.2, 0.25) is 0 Å². The number of rotatable bonds is 4. The lowest BCUT2D eigenvalue weighted by molar-refractivity contribution is -0.122. The van der Waals surface area contributed by atoms with E-state index in [0.717, 1.165) is 19.4 Å². The number of amides is 1. The van der Waals surface area contributed by atoms with Crippen molar-refractivity contribution < 1.29 is 9.53 Å². The molecule has 3 N–H and O–H groups in total. The van der Waals surface area contributed by atoms with Crippen LogP contribution in [0, 0.1) is 0 Å². The molecule has 0 aromatic heterocycles. The summed E-state index contributed by atoms with van der Waals surface area (Å²) >= 11 is 0. The highest BCUT2D eigenvalue weighted by molar-refractivity contribution is 5.97. The number of carbonyl (C=O) groups excluding carboxylic acids is 1. The van der Waals surface area contributed by atoms with Crippen molar-refractivity contribution >= 4 is 17.3 Å². The summed E-state index contributed by atoms with van der Waals surface area (Å²) in [6, 6.07) is 5.09. The number of anilines is 2. The first kappa shape index (κ1) is 15.6. The van der Waals surface area contributed by atoms with Gasteiger partial charge < -0.3 is 15.8 Å². The van der Waals surface area contributed by atoms with Crippen LogP contribution in [0.25, 0.3) is 0 Å². The van der Waals surface area contributed by atoms with Crippen LogP contribution in [0.5, 0.6) is 5.75 Å². The van der Waals surface area contributed by atoms with Crippen LogP contribution in [0.1, 0.15) is 33.6 Å². The Morgan fingerprint density at radius 3 is 2.71 bits per heavy atom. The number of ether oxygens (including phenoxy) is 1. The van der Waals surface area contributed by atoms with Crippen LogP contribution >= 0.6 is 0 Å². The number of hydrogen-bond acceptors (Lipinski definition) is 4. The van der Waals surface area contributed by atoms with Crippen LogP contribution in [-0.4, -0.2) is 36.0 Å². The molecule has 2 rings (SSSR count). The van der Waals surface area contributed by atoms with Gasteiger partial charge in [0.2, 0.25) is 5.91 Å². The Morgan fingerprint density at radius 1 is 1.48 bits per heavy atom. The highest BCUT2D eigenvalue weighted by Crippen LogP contribution is 2.31. The first-order valence-electron chi connectivity index (χ1n) is 7.36. The summed E-state index contributed by atoms with van der Waals surface area (Å²) in [7, 11) is 1.59. The topological polar surface area (TPSA) is 67.6 Å². The van der Waals surface area contributed by atoms with Gasteiger partial charge in [-0.15, -0.1) is 0 Å². The summed E-state index contributed by atoms with van der Waals surface area (Å²) in [5.41, 5.74) is 7.15. The number of hydrogen-bond donors (Lipinski definition) is 2. The Balaban J connectivity index is 2.07. The van der Waals surface area contributed by atoms with Gasteiger partial charge in [0.1, 0.15) is 5.75 Å². The standard InChI is InChI=1S/C16H25N3O2/c1-11(19-9-5-8-16(19,2)3)15(20)18-14-7-6-12(21-4)10-13(14)17/h6-7,10-11H,5,8-9,17H2,1-4H3,(H,18,20). The number of nitrogens with two attached hydrogens (primary N) is 1. The summed E-state index contributed by atoms with van der Waals surface area (Å²) in [5, 5.41) is 2.91. The second-order valence-electron chi connectivity index (χ2n) is 6.23. The predicted molar refractivity (Wildman–Crippen MR) is 85.5 cm³/mol. The summed E-state index contributed by atoms with van der Waals surface area (Å²) in [5.74, 6) is 0.654. The molecule has 1 aliphatic rings. The zero-order valence-corrected chi connectivity index (χ0v) is 13.3. The number of benzene rings is 1. The van der Waals surface area contributed by atoms with E-state index in [1.54, 1.807) is 25.3 Å². The monoisotopic (exact) mass is 291 g/mol. The number of nitrogens with zero attached hydrogens (tertiary/aromatic N) is 1. The van der Waals surface area contributed by atoms with Gasteiger partial charge in [-0.1, -0.05) is 0 Å². The molecule has 5 nitrogen and oxygen atoms in total. The number of likely N-dealkylation sites (tertiary alicyclic amines) is 1. The molecule has 116 valence electrons. The Labute approximate surface area is 126 Å². The van der Waals surface area contributed by atoms with E-state index in [-0.39, 0.29) is 17.5 Å². The van der Waals surface area contributed by atoms with E-state index in [9.17, 15) is 4.79 Å². The SMILES string of the molecule is COc1ccc(NC(=O)C(C)N2CCCC2(C)C)c(N)c1. The van der Waals surface area contributed by atoms with Gasteiger partial charge in [0.25, 0.3) is 0 Å². The number of nitrogens with one attached hydrogen (secondary N) is 1. The highest BCUT2D eigenvalue weighted by Gasteiger charge is 2.37. The third kappa shape index (κ3) is 3.29. The predicted octanol–water partition coefficient (Wildman–Crippen LogP) is 2.48. The highest BCUT2D eigenvalue weighted by atomic mass is 16.5. The zero-order chi connectivity index (χ0) is 15.6. The van der Waals surface area contributed by atoms with Gasteiger partial charge in [-0.2, -0.15) is 0 Å². The second-order valence-corrected chi connectivity index (χ2v) is 6.23. The van der Waals surface area contributed by atoms with Crippen molar-refractivity contribution in [3.05, 3.63) is 18.2 Å². The first-order chi connectivity index (χ1) is 9.85. The van der Waals surface area contributed by atoms with Gasteiger partial charge in [-0.05, 0) is 52.3 Å². The molecule has 1 aromatic carbocycles. The minimum Gasteiger partial charge on any atom is -0.497 e. The normalized spacial score (nSPS) is 19.2. The fourth-order valence-corrected chi connectivity index (χ4v) is 3.01. The van der Waals surface area contributed by atoms with Crippen LogP contribution in [0.15, 0.2) is 18.2 Å². The van der Waals surface area contributed by atoms with Crippen LogP contribution < -0.4 is 15.8 Å². The van der Waals surface area contributed by atoms with Gasteiger partial charge in [0, 0.05) is 11.6 Å². The van der Waals surface area contributed by atoms with E-state index in [1.807, 2.05) is 6.92 Å². The van der Waals surface area contributed by atoms with Crippen molar-refractivity contribution in [3.63, 3.8) is 0 Å². The van der Waals surface area contributed by atoms with Gasteiger partial charge >= 0.3 is 0 Å². The lowest BCUT2D eigenvalue weighted by Gasteiger charge is -2.35. The molecule has 1 aromatic rings. The summed E-state index contributed by atoms with van der Waals surface area (Å²) in [4.78, 5) is 14.7. The lowest BCUT2D eigenvalue weighted by atomic mass is 10.0. The van der Waals surface area contributed by atoms with E-state index in [2.05, 4.69) is 24.1 Å². The van der Waals surface area contributed by atoms with Gasteiger partial charge in [-0.25, -0.2) is 0 Å². The van der Waals surface area contributed by atoms with E-state index in [4.69, 9.17) is 10.5 Å².